The summed E-state index contributed by atoms with van der Waals surface area (Å²) < 4.78 is 1.25. The third kappa shape index (κ3) is 1.90. The number of benzene rings is 1. The lowest BCUT2D eigenvalue weighted by Crippen LogP contribution is -2.03. The Labute approximate surface area is 101 Å². The molecule has 0 spiro atoms. The van der Waals surface area contributed by atoms with Gasteiger partial charge in [0.05, 0.1) is 16.3 Å². The van der Waals surface area contributed by atoms with Crippen LogP contribution in [0.15, 0.2) is 24.3 Å². The molecule has 0 fully saturated rings. The first-order valence-electron chi connectivity index (χ1n) is 4.91. The van der Waals surface area contributed by atoms with E-state index in [4.69, 9.17) is 5.11 Å². The molecular formula is C10H8N4O4. The van der Waals surface area contributed by atoms with Gasteiger partial charge in [-0.3, -0.25) is 10.1 Å². The summed E-state index contributed by atoms with van der Waals surface area (Å²) in [7, 11) is 0. The van der Waals surface area contributed by atoms with Gasteiger partial charge >= 0.3 is 5.97 Å². The molecule has 2 rings (SSSR count). The number of carbonyl (C=O) groups is 1. The molecule has 0 aliphatic heterocycles. The molecule has 0 saturated heterocycles. The third-order valence-electron chi connectivity index (χ3n) is 2.38. The van der Waals surface area contributed by atoms with Crippen LogP contribution in [0.25, 0.3) is 5.69 Å². The van der Waals surface area contributed by atoms with E-state index in [0.29, 0.717) is 11.4 Å². The molecule has 1 aromatic heterocycles. The molecule has 92 valence electrons. The first-order chi connectivity index (χ1) is 8.50. The maximum Gasteiger partial charge on any atom is 0.358 e. The molecule has 0 unspecified atom stereocenters. The number of hydrogen-bond donors (Lipinski definition) is 1. The van der Waals surface area contributed by atoms with Gasteiger partial charge in [-0.1, -0.05) is 11.3 Å². The number of nitro groups is 1. The standard InChI is InChI=1S/C10H8N4O4/c1-6-9(10(15)16)11-12-13(6)7-3-2-4-8(5-7)14(17)18/h2-5H,1H3,(H,15,16). The van der Waals surface area contributed by atoms with Gasteiger partial charge in [-0.05, 0) is 13.0 Å². The molecule has 0 saturated carbocycles. The van der Waals surface area contributed by atoms with Gasteiger partial charge < -0.3 is 5.11 Å². The second kappa shape index (κ2) is 4.24. The summed E-state index contributed by atoms with van der Waals surface area (Å²) in [5.74, 6) is -1.19. The highest BCUT2D eigenvalue weighted by atomic mass is 16.6. The highest BCUT2D eigenvalue weighted by molar-refractivity contribution is 5.86. The van der Waals surface area contributed by atoms with Crippen molar-refractivity contribution < 1.29 is 14.8 Å². The molecule has 2 aromatic rings. The van der Waals surface area contributed by atoms with Gasteiger partial charge in [-0.15, -0.1) is 5.10 Å². The van der Waals surface area contributed by atoms with Gasteiger partial charge in [0.15, 0.2) is 5.69 Å². The van der Waals surface area contributed by atoms with Crippen molar-refractivity contribution >= 4 is 11.7 Å². The van der Waals surface area contributed by atoms with E-state index in [1.54, 1.807) is 6.07 Å². The summed E-state index contributed by atoms with van der Waals surface area (Å²) in [5, 5.41) is 26.7. The zero-order valence-corrected chi connectivity index (χ0v) is 9.27. The van der Waals surface area contributed by atoms with E-state index in [0.717, 1.165) is 0 Å². The van der Waals surface area contributed by atoms with Crippen molar-refractivity contribution in [2.75, 3.05) is 0 Å². The number of nitrogens with zero attached hydrogens (tertiary/aromatic N) is 4. The Balaban J connectivity index is 2.52. The number of hydrogen-bond acceptors (Lipinski definition) is 5. The lowest BCUT2D eigenvalue weighted by molar-refractivity contribution is -0.384. The minimum Gasteiger partial charge on any atom is -0.476 e. The molecule has 0 aliphatic rings. The van der Waals surface area contributed by atoms with Gasteiger partial charge in [0, 0.05) is 12.1 Å². The zero-order valence-electron chi connectivity index (χ0n) is 9.27. The van der Waals surface area contributed by atoms with Crippen molar-refractivity contribution in [1.82, 2.24) is 15.0 Å². The first-order valence-corrected chi connectivity index (χ1v) is 4.91. The second-order valence-electron chi connectivity index (χ2n) is 3.52. The molecule has 18 heavy (non-hydrogen) atoms. The van der Waals surface area contributed by atoms with Crippen LogP contribution in [0.4, 0.5) is 5.69 Å². The fourth-order valence-corrected chi connectivity index (χ4v) is 1.51. The number of rotatable bonds is 3. The summed E-state index contributed by atoms with van der Waals surface area (Å²) in [6, 6.07) is 5.72. The van der Waals surface area contributed by atoms with Crippen molar-refractivity contribution in [2.45, 2.75) is 6.92 Å². The van der Waals surface area contributed by atoms with E-state index in [1.807, 2.05) is 0 Å². The summed E-state index contributed by atoms with van der Waals surface area (Å²) in [5.41, 5.74) is 0.422. The highest BCUT2D eigenvalue weighted by Gasteiger charge is 2.17. The van der Waals surface area contributed by atoms with Crippen molar-refractivity contribution in [1.29, 1.82) is 0 Å². The number of aromatic carboxylic acids is 1. The smallest absolute Gasteiger partial charge is 0.358 e. The summed E-state index contributed by atoms with van der Waals surface area (Å²) >= 11 is 0. The van der Waals surface area contributed by atoms with Crippen LogP contribution in [0.5, 0.6) is 0 Å². The maximum atomic E-state index is 10.8. The molecule has 0 atom stereocenters. The van der Waals surface area contributed by atoms with Crippen LogP contribution in [0.2, 0.25) is 0 Å². The predicted molar refractivity (Wildman–Crippen MR) is 59.7 cm³/mol. The van der Waals surface area contributed by atoms with Crippen molar-refractivity contribution in [3.8, 4) is 5.69 Å². The monoisotopic (exact) mass is 248 g/mol. The maximum absolute atomic E-state index is 10.8. The minimum absolute atomic E-state index is 0.0979. The summed E-state index contributed by atoms with van der Waals surface area (Å²) in [6.45, 7) is 1.53. The van der Waals surface area contributed by atoms with Crippen LogP contribution in [0.3, 0.4) is 0 Å². The van der Waals surface area contributed by atoms with Gasteiger partial charge in [0.25, 0.3) is 5.69 Å². The number of aromatic nitrogens is 3. The quantitative estimate of drug-likeness (QED) is 0.644. The molecule has 0 bridgehead atoms. The lowest BCUT2D eigenvalue weighted by Gasteiger charge is -2.02. The van der Waals surface area contributed by atoms with E-state index >= 15 is 0 Å². The Kier molecular flexibility index (Phi) is 2.76. The molecule has 8 heteroatoms. The van der Waals surface area contributed by atoms with Crippen LogP contribution >= 0.6 is 0 Å². The van der Waals surface area contributed by atoms with Crippen LogP contribution in [0.1, 0.15) is 16.2 Å². The zero-order chi connectivity index (χ0) is 13.3. The average Bonchev–Trinajstić information content (AvgIpc) is 2.71. The van der Waals surface area contributed by atoms with E-state index in [2.05, 4.69) is 10.3 Å². The van der Waals surface area contributed by atoms with Crippen LogP contribution in [-0.4, -0.2) is 31.0 Å². The van der Waals surface area contributed by atoms with Gasteiger partial charge in [-0.25, -0.2) is 9.48 Å². The van der Waals surface area contributed by atoms with Gasteiger partial charge in [0.1, 0.15) is 0 Å². The normalized spacial score (nSPS) is 10.3. The minimum atomic E-state index is -1.19. The molecule has 1 N–H and O–H groups in total. The topological polar surface area (TPSA) is 111 Å². The number of carboxylic acid groups (broad SMARTS) is 1. The second-order valence-corrected chi connectivity index (χ2v) is 3.52. The molecule has 8 nitrogen and oxygen atoms in total. The van der Waals surface area contributed by atoms with E-state index in [9.17, 15) is 14.9 Å². The van der Waals surface area contributed by atoms with E-state index in [-0.39, 0.29) is 11.4 Å². The Morgan fingerprint density at radius 2 is 2.22 bits per heavy atom. The average molecular weight is 248 g/mol. The largest absolute Gasteiger partial charge is 0.476 e. The van der Waals surface area contributed by atoms with Gasteiger partial charge in [-0.2, -0.15) is 0 Å². The van der Waals surface area contributed by atoms with Crippen LogP contribution in [-0.2, 0) is 0 Å². The summed E-state index contributed by atoms with van der Waals surface area (Å²) in [4.78, 5) is 20.9. The SMILES string of the molecule is Cc1c(C(=O)O)nnn1-c1cccc([N+](=O)[O-])c1. The van der Waals surface area contributed by atoms with E-state index < -0.39 is 10.9 Å². The first kappa shape index (κ1) is 11.7. The number of carboxylic acids is 1. The van der Waals surface area contributed by atoms with Crippen LogP contribution < -0.4 is 0 Å². The highest BCUT2D eigenvalue weighted by Crippen LogP contribution is 2.18. The molecule has 1 heterocycles. The van der Waals surface area contributed by atoms with Gasteiger partial charge in [0.2, 0.25) is 0 Å². The molecule has 0 aliphatic carbocycles. The van der Waals surface area contributed by atoms with Crippen molar-refractivity contribution in [2.24, 2.45) is 0 Å². The Morgan fingerprint density at radius 1 is 1.50 bits per heavy atom. The van der Waals surface area contributed by atoms with Crippen molar-refractivity contribution in [3.63, 3.8) is 0 Å². The predicted octanol–water partition coefficient (Wildman–Crippen LogP) is 1.18. The van der Waals surface area contributed by atoms with Crippen molar-refractivity contribution in [3.05, 3.63) is 45.8 Å². The third-order valence-corrected chi connectivity index (χ3v) is 2.38. The molecule has 0 amide bonds. The number of nitro benzene ring substituents is 1. The lowest BCUT2D eigenvalue weighted by atomic mass is 10.2. The summed E-state index contributed by atoms with van der Waals surface area (Å²) in [6.07, 6.45) is 0. The van der Waals surface area contributed by atoms with Crippen LogP contribution in [0, 0.1) is 17.0 Å². The fourth-order valence-electron chi connectivity index (χ4n) is 1.51. The number of non-ortho nitro benzene ring substituents is 1. The molecular weight excluding hydrogens is 240 g/mol. The molecule has 0 radical (unpaired) electrons. The Bertz CT molecular complexity index is 635. The van der Waals surface area contributed by atoms with E-state index in [1.165, 1.54) is 29.8 Å². The fraction of sp³-hybridized carbons (Fsp3) is 0.100. The molecule has 1 aromatic carbocycles. The Hall–Kier alpha value is -2.77. The Morgan fingerprint density at radius 3 is 2.78 bits per heavy atom.